The number of aryl methyl sites for hydroxylation is 1. The maximum absolute atomic E-state index is 13.0. The van der Waals surface area contributed by atoms with Crippen LogP contribution in [0.2, 0.25) is 0 Å². The lowest BCUT2D eigenvalue weighted by atomic mass is 9.87. The minimum Gasteiger partial charge on any atom is -0.342 e. The molecule has 1 aliphatic carbocycles. The summed E-state index contributed by atoms with van der Waals surface area (Å²) in [5.41, 5.74) is 3.96. The summed E-state index contributed by atoms with van der Waals surface area (Å²) in [6.45, 7) is 2.19. The lowest BCUT2D eigenvalue weighted by molar-refractivity contribution is -0.133. The van der Waals surface area contributed by atoms with E-state index in [2.05, 4.69) is 59.3 Å². The van der Waals surface area contributed by atoms with Crippen molar-refractivity contribution in [2.45, 2.75) is 44.1 Å². The highest BCUT2D eigenvalue weighted by molar-refractivity contribution is 7.18. The summed E-state index contributed by atoms with van der Waals surface area (Å²) in [6, 6.07) is 17.5. The minimum absolute atomic E-state index is 0.267. The molecule has 0 radical (unpaired) electrons. The van der Waals surface area contributed by atoms with Crippen molar-refractivity contribution in [3.8, 4) is 0 Å². The van der Waals surface area contributed by atoms with E-state index in [4.69, 9.17) is 4.98 Å². The van der Waals surface area contributed by atoms with Crippen molar-refractivity contribution in [2.24, 2.45) is 0 Å². The molecule has 2 aromatic carbocycles. The summed E-state index contributed by atoms with van der Waals surface area (Å²) in [5.74, 6) is 0.748. The van der Waals surface area contributed by atoms with Gasteiger partial charge in [0.2, 0.25) is 5.91 Å². The zero-order valence-electron chi connectivity index (χ0n) is 17.6. The number of benzene rings is 2. The third-order valence-corrected chi connectivity index (χ3v) is 7.96. The van der Waals surface area contributed by atoms with Gasteiger partial charge in [-0.25, -0.2) is 4.98 Å². The van der Waals surface area contributed by atoms with Gasteiger partial charge in [0.15, 0.2) is 0 Å². The SMILES string of the molecule is CN(CC(=O)N1CCC(c2nc3ccccc3s2)CC1)[C@H]1CCCc2ccccc21. The first-order valence-corrected chi connectivity index (χ1v) is 11.9. The molecule has 1 fully saturated rings. The van der Waals surface area contributed by atoms with E-state index < -0.39 is 0 Å². The van der Waals surface area contributed by atoms with Crippen molar-refractivity contribution in [1.29, 1.82) is 0 Å². The number of carbonyl (C=O) groups is 1. The Kier molecular flexibility index (Phi) is 5.57. The molecule has 0 N–H and O–H groups in total. The van der Waals surface area contributed by atoms with Gasteiger partial charge in [-0.2, -0.15) is 0 Å². The van der Waals surface area contributed by atoms with Gasteiger partial charge in [-0.05, 0) is 62.4 Å². The fraction of sp³-hybridized carbons (Fsp3) is 0.440. The van der Waals surface area contributed by atoms with E-state index in [9.17, 15) is 4.79 Å². The van der Waals surface area contributed by atoms with E-state index in [0.29, 0.717) is 18.5 Å². The zero-order chi connectivity index (χ0) is 20.5. The lowest BCUT2D eigenvalue weighted by Crippen LogP contribution is -2.44. The van der Waals surface area contributed by atoms with E-state index in [-0.39, 0.29) is 5.91 Å². The second-order valence-corrected chi connectivity index (χ2v) is 9.76. The van der Waals surface area contributed by atoms with Crippen molar-refractivity contribution < 1.29 is 4.79 Å². The Labute approximate surface area is 182 Å². The number of para-hydroxylation sites is 1. The monoisotopic (exact) mass is 419 g/mol. The van der Waals surface area contributed by atoms with E-state index in [0.717, 1.165) is 44.3 Å². The van der Waals surface area contributed by atoms with Gasteiger partial charge in [-0.3, -0.25) is 9.69 Å². The normalized spacial score (nSPS) is 19.9. The first kappa shape index (κ1) is 19.7. The number of hydrogen-bond donors (Lipinski definition) is 0. The largest absolute Gasteiger partial charge is 0.342 e. The van der Waals surface area contributed by atoms with E-state index >= 15 is 0 Å². The van der Waals surface area contributed by atoms with E-state index in [1.807, 2.05) is 17.4 Å². The topological polar surface area (TPSA) is 36.4 Å². The molecule has 1 saturated heterocycles. The Bertz CT molecular complexity index is 1000. The molecule has 3 aromatic rings. The Balaban J connectivity index is 1.19. The molecule has 2 aliphatic rings. The minimum atomic E-state index is 0.267. The fourth-order valence-electron chi connectivity index (χ4n) is 5.05. The van der Waals surface area contributed by atoms with Gasteiger partial charge < -0.3 is 4.90 Å². The zero-order valence-corrected chi connectivity index (χ0v) is 18.4. The molecule has 30 heavy (non-hydrogen) atoms. The number of aromatic nitrogens is 1. The van der Waals surface area contributed by atoms with E-state index in [1.54, 1.807) is 0 Å². The quantitative estimate of drug-likeness (QED) is 0.596. The second-order valence-electron chi connectivity index (χ2n) is 8.70. The standard InChI is InChI=1S/C25H29N3OS/c1-27(22-11-6-8-18-7-2-3-9-20(18)22)17-24(29)28-15-13-19(14-16-28)25-26-21-10-4-5-12-23(21)30-25/h2-5,7,9-10,12,19,22H,6,8,11,13-17H2,1H3/t22-/m0/s1. The molecule has 0 spiro atoms. The predicted octanol–water partition coefficient (Wildman–Crippen LogP) is 5.01. The molecule has 0 unspecified atom stereocenters. The van der Waals surface area contributed by atoms with Gasteiger partial charge in [0.05, 0.1) is 21.8 Å². The molecular formula is C25H29N3OS. The summed E-state index contributed by atoms with van der Waals surface area (Å²) in [5, 5.41) is 1.24. The van der Waals surface area contributed by atoms with E-state index in [1.165, 1.54) is 27.3 Å². The van der Waals surface area contributed by atoms with Crippen LogP contribution in [-0.4, -0.2) is 47.4 Å². The summed E-state index contributed by atoms with van der Waals surface area (Å²) < 4.78 is 1.26. The molecule has 4 nitrogen and oxygen atoms in total. The number of fused-ring (bicyclic) bond motifs is 2. The highest BCUT2D eigenvalue weighted by Crippen LogP contribution is 2.35. The van der Waals surface area contributed by atoms with Crippen molar-refractivity contribution in [3.63, 3.8) is 0 Å². The number of amides is 1. The fourth-order valence-corrected chi connectivity index (χ4v) is 6.19. The summed E-state index contributed by atoms with van der Waals surface area (Å²) in [4.78, 5) is 22.2. The number of rotatable bonds is 4. The van der Waals surface area contributed by atoms with Gasteiger partial charge in [-0.15, -0.1) is 11.3 Å². The highest BCUT2D eigenvalue weighted by atomic mass is 32.1. The average Bonchev–Trinajstić information content (AvgIpc) is 3.23. The van der Waals surface area contributed by atoms with Crippen LogP contribution in [0.1, 0.15) is 53.8 Å². The van der Waals surface area contributed by atoms with Crippen molar-refractivity contribution in [2.75, 3.05) is 26.7 Å². The number of thiazole rings is 1. The predicted molar refractivity (Wildman–Crippen MR) is 123 cm³/mol. The van der Waals surface area contributed by atoms with Crippen LogP contribution < -0.4 is 0 Å². The molecular weight excluding hydrogens is 390 g/mol. The van der Waals surface area contributed by atoms with Crippen molar-refractivity contribution in [3.05, 3.63) is 64.7 Å². The molecule has 1 atom stereocenters. The van der Waals surface area contributed by atoms with Crippen LogP contribution in [0, 0.1) is 0 Å². The van der Waals surface area contributed by atoms with Crippen LogP contribution in [0.3, 0.4) is 0 Å². The second kappa shape index (κ2) is 8.48. The molecule has 156 valence electrons. The van der Waals surface area contributed by atoms with Gasteiger partial charge in [0, 0.05) is 25.0 Å². The van der Waals surface area contributed by atoms with Gasteiger partial charge in [0.25, 0.3) is 0 Å². The maximum Gasteiger partial charge on any atom is 0.236 e. The summed E-state index contributed by atoms with van der Waals surface area (Å²) >= 11 is 1.81. The number of likely N-dealkylation sites (tertiary alicyclic amines) is 1. The molecule has 0 saturated carbocycles. The van der Waals surface area contributed by atoms with Crippen LogP contribution in [0.25, 0.3) is 10.2 Å². The third-order valence-electron chi connectivity index (χ3n) is 6.76. The number of likely N-dealkylation sites (N-methyl/N-ethyl adjacent to an activating group) is 1. The highest BCUT2D eigenvalue weighted by Gasteiger charge is 2.29. The van der Waals surface area contributed by atoms with Crippen molar-refractivity contribution in [1.82, 2.24) is 14.8 Å². The van der Waals surface area contributed by atoms with Crippen LogP contribution in [-0.2, 0) is 11.2 Å². The molecule has 5 heteroatoms. The van der Waals surface area contributed by atoms with Crippen molar-refractivity contribution >= 4 is 27.5 Å². The van der Waals surface area contributed by atoms with Gasteiger partial charge in [0.1, 0.15) is 0 Å². The van der Waals surface area contributed by atoms with Gasteiger partial charge in [-0.1, -0.05) is 36.4 Å². The first-order valence-electron chi connectivity index (χ1n) is 11.1. The maximum atomic E-state index is 13.0. The number of hydrogen-bond acceptors (Lipinski definition) is 4. The van der Waals surface area contributed by atoms with Crippen LogP contribution in [0.15, 0.2) is 48.5 Å². The van der Waals surface area contributed by atoms with Crippen LogP contribution in [0.4, 0.5) is 0 Å². The number of nitrogens with zero attached hydrogens (tertiary/aromatic N) is 3. The molecule has 1 amide bonds. The third kappa shape index (κ3) is 3.88. The molecule has 5 rings (SSSR count). The Morgan fingerprint density at radius 1 is 1.10 bits per heavy atom. The lowest BCUT2D eigenvalue weighted by Gasteiger charge is -2.36. The molecule has 1 aliphatic heterocycles. The van der Waals surface area contributed by atoms with Gasteiger partial charge >= 0.3 is 0 Å². The van der Waals surface area contributed by atoms with Crippen LogP contribution >= 0.6 is 11.3 Å². The number of piperidine rings is 1. The number of carbonyl (C=O) groups excluding carboxylic acids is 1. The Morgan fingerprint density at radius 3 is 2.70 bits per heavy atom. The molecule has 0 bridgehead atoms. The molecule has 2 heterocycles. The average molecular weight is 420 g/mol. The first-order chi connectivity index (χ1) is 14.7. The Hall–Kier alpha value is -2.24. The summed E-state index contributed by atoms with van der Waals surface area (Å²) in [6.07, 6.45) is 5.53. The Morgan fingerprint density at radius 2 is 1.87 bits per heavy atom. The molecule has 1 aromatic heterocycles. The van der Waals surface area contributed by atoms with Crippen LogP contribution in [0.5, 0.6) is 0 Å². The smallest absolute Gasteiger partial charge is 0.236 e. The summed E-state index contributed by atoms with van der Waals surface area (Å²) in [7, 11) is 2.11.